The Balaban J connectivity index is 1.93. The Kier molecular flexibility index (Phi) is 6.66. The van der Waals surface area contributed by atoms with Gasteiger partial charge in [0.1, 0.15) is 0 Å². The van der Waals surface area contributed by atoms with E-state index in [0.717, 1.165) is 16.5 Å². The second-order valence-corrected chi connectivity index (χ2v) is 6.94. The molecule has 0 radical (unpaired) electrons. The average molecular weight is 353 g/mol. The van der Waals surface area contributed by atoms with Gasteiger partial charge in [-0.15, -0.1) is 10.2 Å². The summed E-state index contributed by atoms with van der Waals surface area (Å²) in [6, 6.07) is 7.20. The van der Waals surface area contributed by atoms with Crippen LogP contribution in [-0.2, 0) is 4.79 Å². The van der Waals surface area contributed by atoms with Crippen LogP contribution in [0.3, 0.4) is 0 Å². The number of methoxy groups -OCH3 is 1. The Morgan fingerprint density at radius 1 is 1.35 bits per heavy atom. The van der Waals surface area contributed by atoms with Crippen LogP contribution < -0.4 is 14.8 Å². The van der Waals surface area contributed by atoms with Gasteiger partial charge in [0.15, 0.2) is 21.9 Å². The number of nitrogens with zero attached hydrogens (tertiary/aromatic N) is 2. The number of nitrogens with one attached hydrogen (secondary N) is 1. The van der Waals surface area contributed by atoms with Gasteiger partial charge >= 0.3 is 0 Å². The predicted molar refractivity (Wildman–Crippen MR) is 92.6 cm³/mol. The van der Waals surface area contributed by atoms with Crippen LogP contribution in [0.4, 0.5) is 5.13 Å². The summed E-state index contributed by atoms with van der Waals surface area (Å²) >= 11 is 2.99. The number of carbonyl (C=O) groups excluding carboxylic acids is 1. The lowest BCUT2D eigenvalue weighted by Gasteiger charge is -2.15. The Bertz CT molecular complexity index is 648. The highest BCUT2D eigenvalue weighted by Crippen LogP contribution is 2.28. The average Bonchev–Trinajstić information content (AvgIpc) is 3.00. The normalized spacial score (nSPS) is 11.8. The highest BCUT2D eigenvalue weighted by Gasteiger charge is 2.18. The fourth-order valence-electron chi connectivity index (χ4n) is 1.68. The first-order valence-electron chi connectivity index (χ1n) is 7.21. The number of aromatic nitrogens is 2. The lowest BCUT2D eigenvalue weighted by Crippen LogP contribution is -2.30. The number of anilines is 1. The largest absolute Gasteiger partial charge is 0.493 e. The summed E-state index contributed by atoms with van der Waals surface area (Å²) in [5, 5.41) is 11.2. The summed E-state index contributed by atoms with van der Waals surface area (Å²) in [6.07, 6.45) is 0.386. The van der Waals surface area contributed by atoms with E-state index in [2.05, 4.69) is 22.4 Å². The van der Waals surface area contributed by atoms with Crippen molar-refractivity contribution in [3.8, 4) is 11.5 Å². The van der Waals surface area contributed by atoms with E-state index in [1.165, 1.54) is 11.3 Å². The number of para-hydroxylation sites is 2. The van der Waals surface area contributed by atoms with Gasteiger partial charge in [-0.25, -0.2) is 0 Å². The summed E-state index contributed by atoms with van der Waals surface area (Å²) in [7, 11) is 1.56. The molecule has 8 heteroatoms. The number of thioether (sulfide) groups is 1. The van der Waals surface area contributed by atoms with Gasteiger partial charge in [-0.1, -0.05) is 42.2 Å². The van der Waals surface area contributed by atoms with Crippen molar-refractivity contribution in [2.24, 2.45) is 0 Å². The molecule has 0 bridgehead atoms. The summed E-state index contributed by atoms with van der Waals surface area (Å²) in [4.78, 5) is 12.2. The molecule has 0 spiro atoms. The second-order valence-electron chi connectivity index (χ2n) is 4.62. The number of amides is 1. The molecule has 0 aliphatic rings. The lowest BCUT2D eigenvalue weighted by molar-refractivity contribution is -0.122. The third kappa shape index (κ3) is 5.11. The number of hydrogen-bond donors (Lipinski definition) is 1. The zero-order chi connectivity index (χ0) is 16.7. The molecule has 2 aromatic rings. The number of rotatable bonds is 8. The number of benzene rings is 1. The zero-order valence-corrected chi connectivity index (χ0v) is 14.9. The molecule has 0 saturated carbocycles. The van der Waals surface area contributed by atoms with Crippen molar-refractivity contribution >= 4 is 34.1 Å². The van der Waals surface area contributed by atoms with E-state index in [4.69, 9.17) is 9.47 Å². The van der Waals surface area contributed by atoms with Gasteiger partial charge in [0.2, 0.25) is 5.13 Å². The Morgan fingerprint density at radius 2 is 2.09 bits per heavy atom. The minimum atomic E-state index is -0.679. The third-order valence-corrected chi connectivity index (χ3v) is 4.99. The van der Waals surface area contributed by atoms with Crippen molar-refractivity contribution in [2.75, 3.05) is 18.2 Å². The molecule has 0 aliphatic carbocycles. The minimum absolute atomic E-state index is 0.279. The minimum Gasteiger partial charge on any atom is -0.493 e. The van der Waals surface area contributed by atoms with Crippen LogP contribution in [0.25, 0.3) is 0 Å². The van der Waals surface area contributed by atoms with Gasteiger partial charge in [0.05, 0.1) is 7.11 Å². The maximum Gasteiger partial charge on any atom is 0.266 e. The Morgan fingerprint density at radius 3 is 2.78 bits per heavy atom. The quantitative estimate of drug-likeness (QED) is 0.579. The van der Waals surface area contributed by atoms with E-state index < -0.39 is 6.10 Å². The summed E-state index contributed by atoms with van der Waals surface area (Å²) in [5.41, 5.74) is 0. The lowest BCUT2D eigenvalue weighted by atomic mass is 10.3. The molecule has 0 unspecified atom stereocenters. The predicted octanol–water partition coefficient (Wildman–Crippen LogP) is 3.45. The standard InChI is InChI=1S/C15H19N3O3S2/c1-4-9-22-15-18-17-14(23-15)16-13(19)10(2)21-12-8-6-5-7-11(12)20-3/h5-8,10H,4,9H2,1-3H3,(H,16,17,19)/t10-/m0/s1. The topological polar surface area (TPSA) is 73.3 Å². The van der Waals surface area contributed by atoms with Crippen molar-refractivity contribution in [3.63, 3.8) is 0 Å². The van der Waals surface area contributed by atoms with E-state index in [9.17, 15) is 4.79 Å². The molecule has 0 saturated heterocycles. The van der Waals surface area contributed by atoms with Crippen LogP contribution in [0, 0.1) is 0 Å². The van der Waals surface area contributed by atoms with Crippen LogP contribution in [0.1, 0.15) is 20.3 Å². The molecule has 1 heterocycles. The summed E-state index contributed by atoms with van der Waals surface area (Å²) in [5.74, 6) is 1.81. The van der Waals surface area contributed by atoms with Crippen molar-refractivity contribution < 1.29 is 14.3 Å². The second kappa shape index (κ2) is 8.73. The molecule has 23 heavy (non-hydrogen) atoms. The maximum absolute atomic E-state index is 12.2. The summed E-state index contributed by atoms with van der Waals surface area (Å²) < 4.78 is 11.7. The van der Waals surface area contributed by atoms with Crippen LogP contribution in [-0.4, -0.2) is 35.1 Å². The SMILES string of the molecule is CCCSc1nnc(NC(=O)[C@H](C)Oc2ccccc2OC)s1. The van der Waals surface area contributed by atoms with E-state index in [-0.39, 0.29) is 5.91 Å². The molecule has 1 aromatic heterocycles. The molecule has 1 atom stereocenters. The van der Waals surface area contributed by atoms with Gasteiger partial charge in [0.25, 0.3) is 5.91 Å². The molecule has 6 nitrogen and oxygen atoms in total. The number of ether oxygens (including phenoxy) is 2. The number of hydrogen-bond acceptors (Lipinski definition) is 7. The fraction of sp³-hybridized carbons (Fsp3) is 0.400. The first-order valence-corrected chi connectivity index (χ1v) is 9.01. The van der Waals surface area contributed by atoms with Gasteiger partial charge in [-0.3, -0.25) is 10.1 Å². The van der Waals surface area contributed by atoms with Gasteiger partial charge in [0, 0.05) is 5.75 Å². The van der Waals surface area contributed by atoms with Crippen molar-refractivity contribution in [1.29, 1.82) is 0 Å². The molecular weight excluding hydrogens is 334 g/mol. The Labute approximate surface area is 143 Å². The van der Waals surface area contributed by atoms with E-state index in [1.807, 2.05) is 12.1 Å². The molecular formula is C15H19N3O3S2. The monoisotopic (exact) mass is 353 g/mol. The molecule has 2 rings (SSSR count). The van der Waals surface area contributed by atoms with Crippen LogP contribution in [0.2, 0.25) is 0 Å². The first kappa shape index (κ1) is 17.6. The summed E-state index contributed by atoms with van der Waals surface area (Å²) in [6.45, 7) is 3.78. The van der Waals surface area contributed by atoms with Gasteiger partial charge < -0.3 is 9.47 Å². The van der Waals surface area contributed by atoms with Crippen molar-refractivity contribution in [3.05, 3.63) is 24.3 Å². The Hall–Kier alpha value is -1.80. The van der Waals surface area contributed by atoms with Gasteiger partial charge in [-0.2, -0.15) is 0 Å². The molecule has 1 amide bonds. The van der Waals surface area contributed by atoms with E-state index in [1.54, 1.807) is 37.9 Å². The van der Waals surface area contributed by atoms with Crippen LogP contribution in [0.15, 0.2) is 28.6 Å². The smallest absolute Gasteiger partial charge is 0.266 e. The van der Waals surface area contributed by atoms with Gasteiger partial charge in [-0.05, 0) is 25.5 Å². The van der Waals surface area contributed by atoms with Crippen molar-refractivity contribution in [2.45, 2.75) is 30.7 Å². The van der Waals surface area contributed by atoms with Crippen LogP contribution >= 0.6 is 23.1 Å². The van der Waals surface area contributed by atoms with Crippen molar-refractivity contribution in [1.82, 2.24) is 10.2 Å². The first-order chi connectivity index (χ1) is 11.1. The molecule has 0 aliphatic heterocycles. The highest BCUT2D eigenvalue weighted by atomic mass is 32.2. The maximum atomic E-state index is 12.2. The molecule has 1 N–H and O–H groups in total. The molecule has 0 fully saturated rings. The zero-order valence-electron chi connectivity index (χ0n) is 13.2. The highest BCUT2D eigenvalue weighted by molar-refractivity contribution is 8.01. The van der Waals surface area contributed by atoms with Crippen LogP contribution in [0.5, 0.6) is 11.5 Å². The van der Waals surface area contributed by atoms with E-state index >= 15 is 0 Å². The molecule has 124 valence electrons. The third-order valence-electron chi connectivity index (χ3n) is 2.81. The number of carbonyl (C=O) groups is 1. The fourth-order valence-corrected chi connectivity index (χ4v) is 3.36. The van der Waals surface area contributed by atoms with E-state index in [0.29, 0.717) is 16.6 Å². The molecule has 1 aromatic carbocycles.